The predicted octanol–water partition coefficient (Wildman–Crippen LogP) is 3.19. The lowest BCUT2D eigenvalue weighted by molar-refractivity contribution is -0.125. The largest absolute Gasteiger partial charge is 0.358 e. The Kier molecular flexibility index (Phi) is 6.12. The molecule has 6 heteroatoms. The van der Waals surface area contributed by atoms with Crippen LogP contribution in [0.15, 0.2) is 36.4 Å². The number of carbonyl (C=O) groups is 1. The Morgan fingerprint density at radius 3 is 2.88 bits per heavy atom. The van der Waals surface area contributed by atoms with Gasteiger partial charge < -0.3 is 10.6 Å². The molecule has 1 aliphatic rings. The molecule has 1 aromatic carbocycles. The number of benzene rings is 1. The Labute approximate surface area is 158 Å². The molecule has 0 aliphatic carbocycles. The molecule has 2 atom stereocenters. The van der Waals surface area contributed by atoms with E-state index in [1.807, 2.05) is 29.5 Å². The molecular weight excluding hydrogens is 354 g/mol. The van der Waals surface area contributed by atoms with Crippen molar-refractivity contribution in [2.75, 3.05) is 13.6 Å². The fourth-order valence-corrected chi connectivity index (χ4v) is 4.41. The minimum Gasteiger partial charge on any atom is -0.358 e. The first-order chi connectivity index (χ1) is 12.0. The maximum absolute atomic E-state index is 12.3. The molecule has 4 nitrogen and oxygen atoms in total. The van der Waals surface area contributed by atoms with Gasteiger partial charge in [0.15, 0.2) is 0 Å². The van der Waals surface area contributed by atoms with Gasteiger partial charge in [0.05, 0.1) is 6.04 Å². The van der Waals surface area contributed by atoms with E-state index in [2.05, 4.69) is 40.7 Å². The molecule has 0 unspecified atom stereocenters. The van der Waals surface area contributed by atoms with Crippen LogP contribution in [0.1, 0.15) is 21.7 Å². The van der Waals surface area contributed by atoms with Gasteiger partial charge in [0.2, 0.25) is 5.91 Å². The Morgan fingerprint density at radius 2 is 2.20 bits per heavy atom. The quantitative estimate of drug-likeness (QED) is 0.812. The van der Waals surface area contributed by atoms with Crippen molar-refractivity contribution < 1.29 is 4.79 Å². The number of aryl methyl sites for hydroxylation is 1. The van der Waals surface area contributed by atoms with Crippen molar-refractivity contribution in [1.82, 2.24) is 15.5 Å². The highest BCUT2D eigenvalue weighted by atomic mass is 35.5. The topological polar surface area (TPSA) is 44.4 Å². The lowest BCUT2D eigenvalue weighted by atomic mass is 10.1. The number of nitrogens with zero attached hydrogens (tertiary/aromatic N) is 1. The molecule has 2 heterocycles. The molecule has 0 radical (unpaired) electrons. The summed E-state index contributed by atoms with van der Waals surface area (Å²) in [5, 5.41) is 7.14. The number of thiophene rings is 1. The summed E-state index contributed by atoms with van der Waals surface area (Å²) in [6.07, 6.45) is 0.824. The van der Waals surface area contributed by atoms with Gasteiger partial charge in [-0.25, -0.2) is 0 Å². The molecule has 1 saturated heterocycles. The third-order valence-corrected chi connectivity index (χ3v) is 5.82. The lowest BCUT2D eigenvalue weighted by Crippen LogP contribution is -2.41. The predicted molar refractivity (Wildman–Crippen MR) is 104 cm³/mol. The van der Waals surface area contributed by atoms with Gasteiger partial charge in [0, 0.05) is 47.5 Å². The molecule has 0 bridgehead atoms. The molecular formula is C19H24ClN3OS. The van der Waals surface area contributed by atoms with Crippen LogP contribution in [-0.2, 0) is 17.9 Å². The van der Waals surface area contributed by atoms with Gasteiger partial charge in [-0.05, 0) is 43.2 Å². The average molecular weight is 378 g/mol. The normalized spacial score (nSPS) is 20.8. The molecule has 0 saturated carbocycles. The van der Waals surface area contributed by atoms with Gasteiger partial charge in [-0.3, -0.25) is 9.69 Å². The lowest BCUT2D eigenvalue weighted by Gasteiger charge is -2.23. The van der Waals surface area contributed by atoms with E-state index < -0.39 is 0 Å². The second-order valence-electron chi connectivity index (χ2n) is 6.52. The minimum atomic E-state index is -0.105. The summed E-state index contributed by atoms with van der Waals surface area (Å²) < 4.78 is 0. The summed E-state index contributed by atoms with van der Waals surface area (Å²) >= 11 is 7.91. The van der Waals surface area contributed by atoms with Gasteiger partial charge >= 0.3 is 0 Å². The number of hydrogen-bond donors (Lipinski definition) is 2. The fourth-order valence-electron chi connectivity index (χ4n) is 3.36. The van der Waals surface area contributed by atoms with Crippen molar-refractivity contribution in [2.45, 2.75) is 38.5 Å². The standard InChI is InChI=1S/C19H24ClN3OS/c1-13-6-7-17(25-13)10-22-16-9-18(19(24)21-2)23(12-16)11-14-4-3-5-15(20)8-14/h3-8,16,18,22H,9-12H2,1-2H3,(H,21,24)/t16-,18+/m1/s1. The maximum atomic E-state index is 12.3. The first-order valence-electron chi connectivity index (χ1n) is 8.54. The van der Waals surface area contributed by atoms with E-state index in [1.54, 1.807) is 7.05 Å². The number of hydrogen-bond acceptors (Lipinski definition) is 4. The van der Waals surface area contributed by atoms with E-state index in [0.717, 1.165) is 36.6 Å². The van der Waals surface area contributed by atoms with Crippen molar-refractivity contribution in [3.8, 4) is 0 Å². The number of amides is 1. The van der Waals surface area contributed by atoms with Gasteiger partial charge in [-0.2, -0.15) is 0 Å². The van der Waals surface area contributed by atoms with Crippen molar-refractivity contribution in [3.63, 3.8) is 0 Å². The zero-order chi connectivity index (χ0) is 17.8. The molecule has 2 N–H and O–H groups in total. The highest BCUT2D eigenvalue weighted by Crippen LogP contribution is 2.23. The summed E-state index contributed by atoms with van der Waals surface area (Å²) in [6.45, 7) is 4.57. The van der Waals surface area contributed by atoms with Crippen LogP contribution in [0.4, 0.5) is 0 Å². The Morgan fingerprint density at radius 1 is 1.36 bits per heavy atom. The minimum absolute atomic E-state index is 0.0818. The zero-order valence-corrected chi connectivity index (χ0v) is 16.2. The number of halogens is 1. The zero-order valence-electron chi connectivity index (χ0n) is 14.6. The van der Waals surface area contributed by atoms with E-state index in [0.29, 0.717) is 6.04 Å². The molecule has 1 fully saturated rings. The molecule has 0 spiro atoms. The van der Waals surface area contributed by atoms with E-state index >= 15 is 0 Å². The van der Waals surface area contributed by atoms with Gasteiger partial charge in [0.1, 0.15) is 0 Å². The second-order valence-corrected chi connectivity index (χ2v) is 8.32. The average Bonchev–Trinajstić information content (AvgIpc) is 3.18. The molecule has 1 aliphatic heterocycles. The molecule has 2 aromatic rings. The summed E-state index contributed by atoms with van der Waals surface area (Å²) in [6, 6.07) is 12.4. The van der Waals surface area contributed by atoms with Crippen LogP contribution in [0.2, 0.25) is 5.02 Å². The number of rotatable bonds is 6. The van der Waals surface area contributed by atoms with Crippen molar-refractivity contribution >= 4 is 28.8 Å². The highest BCUT2D eigenvalue weighted by molar-refractivity contribution is 7.11. The number of carbonyl (C=O) groups excluding carboxylic acids is 1. The summed E-state index contributed by atoms with van der Waals surface area (Å²) in [5.41, 5.74) is 1.14. The third kappa shape index (κ3) is 4.82. The Bertz CT molecular complexity index is 733. The van der Waals surface area contributed by atoms with E-state index in [1.165, 1.54) is 9.75 Å². The monoisotopic (exact) mass is 377 g/mol. The highest BCUT2D eigenvalue weighted by Gasteiger charge is 2.36. The van der Waals surface area contributed by atoms with E-state index in [9.17, 15) is 4.79 Å². The van der Waals surface area contributed by atoms with Crippen molar-refractivity contribution in [2.24, 2.45) is 0 Å². The van der Waals surface area contributed by atoms with Gasteiger partial charge in [-0.15, -0.1) is 11.3 Å². The van der Waals surface area contributed by atoms with Gasteiger partial charge in [0.25, 0.3) is 0 Å². The molecule has 1 aromatic heterocycles. The summed E-state index contributed by atoms with van der Waals surface area (Å²) in [7, 11) is 1.70. The summed E-state index contributed by atoms with van der Waals surface area (Å²) in [4.78, 5) is 17.2. The third-order valence-electron chi connectivity index (χ3n) is 4.59. The van der Waals surface area contributed by atoms with Crippen LogP contribution in [0.5, 0.6) is 0 Å². The van der Waals surface area contributed by atoms with Crippen LogP contribution in [0.3, 0.4) is 0 Å². The SMILES string of the molecule is CNC(=O)[C@@H]1C[C@@H](NCc2ccc(C)s2)CN1Cc1cccc(Cl)c1. The van der Waals surface area contributed by atoms with Crippen LogP contribution in [0, 0.1) is 6.92 Å². The van der Waals surface area contributed by atoms with Crippen molar-refractivity contribution in [1.29, 1.82) is 0 Å². The summed E-state index contributed by atoms with van der Waals surface area (Å²) in [5.74, 6) is 0.0818. The van der Waals surface area contributed by atoms with E-state index in [4.69, 9.17) is 11.6 Å². The van der Waals surface area contributed by atoms with Crippen LogP contribution in [0.25, 0.3) is 0 Å². The maximum Gasteiger partial charge on any atom is 0.237 e. The van der Waals surface area contributed by atoms with Crippen LogP contribution < -0.4 is 10.6 Å². The molecule has 1 amide bonds. The molecule has 25 heavy (non-hydrogen) atoms. The molecule has 3 rings (SSSR count). The Balaban J connectivity index is 1.64. The fraction of sp³-hybridized carbons (Fsp3) is 0.421. The van der Waals surface area contributed by atoms with Crippen LogP contribution in [-0.4, -0.2) is 36.5 Å². The smallest absolute Gasteiger partial charge is 0.237 e. The Hall–Kier alpha value is -1.40. The number of nitrogens with one attached hydrogen (secondary N) is 2. The van der Waals surface area contributed by atoms with Crippen molar-refractivity contribution in [3.05, 3.63) is 56.7 Å². The van der Waals surface area contributed by atoms with Crippen LogP contribution >= 0.6 is 22.9 Å². The second kappa shape index (κ2) is 8.32. The number of likely N-dealkylation sites (tertiary alicyclic amines) is 1. The first-order valence-corrected chi connectivity index (χ1v) is 9.73. The first kappa shape index (κ1) is 18.4. The van der Waals surface area contributed by atoms with E-state index in [-0.39, 0.29) is 11.9 Å². The van der Waals surface area contributed by atoms with Gasteiger partial charge in [-0.1, -0.05) is 23.7 Å². The number of likely N-dealkylation sites (N-methyl/N-ethyl adjacent to an activating group) is 1. The molecule has 134 valence electrons.